The minimum atomic E-state index is -2.91. The Hall–Kier alpha value is -1.25. The summed E-state index contributed by atoms with van der Waals surface area (Å²) in [6, 6.07) is 6.96. The quantitative estimate of drug-likeness (QED) is 0.816. The monoisotopic (exact) mass is 286 g/mol. The third-order valence-electron chi connectivity index (χ3n) is 2.49. The van der Waals surface area contributed by atoms with Gasteiger partial charge in [0.25, 0.3) is 0 Å². The lowest BCUT2D eigenvalue weighted by Gasteiger charge is -2.08. The largest absolute Gasteiger partial charge is 0.384 e. The van der Waals surface area contributed by atoms with Crippen LogP contribution in [0.2, 0.25) is 5.02 Å². The summed E-state index contributed by atoms with van der Waals surface area (Å²) in [6.07, 6.45) is 0.534. The highest BCUT2D eigenvalue weighted by Gasteiger charge is 2.07. The second kappa shape index (κ2) is 6.62. The standard InChI is InChI=1S/C12H15ClN2O2S/c1-2-18(16,17)7-3-6-15-12-5-4-10(9-14)8-11(12)13/h4-5,8,15H,2-3,6-7H2,1H3. The highest BCUT2D eigenvalue weighted by atomic mass is 35.5. The van der Waals surface area contributed by atoms with Crippen LogP contribution < -0.4 is 5.32 Å². The zero-order chi connectivity index (χ0) is 13.6. The molecule has 6 heteroatoms. The van der Waals surface area contributed by atoms with Gasteiger partial charge in [-0.15, -0.1) is 0 Å². The number of benzene rings is 1. The molecule has 0 saturated heterocycles. The number of hydrogen-bond donors (Lipinski definition) is 1. The van der Waals surface area contributed by atoms with E-state index < -0.39 is 9.84 Å². The Kier molecular flexibility index (Phi) is 5.45. The fraction of sp³-hybridized carbons (Fsp3) is 0.417. The number of halogens is 1. The maximum absolute atomic E-state index is 11.3. The Morgan fingerprint density at radius 1 is 1.44 bits per heavy atom. The molecule has 18 heavy (non-hydrogen) atoms. The van der Waals surface area contributed by atoms with E-state index in [1.807, 2.05) is 6.07 Å². The highest BCUT2D eigenvalue weighted by Crippen LogP contribution is 2.22. The molecule has 0 amide bonds. The van der Waals surface area contributed by atoms with Crippen LogP contribution in [0.1, 0.15) is 18.9 Å². The van der Waals surface area contributed by atoms with Crippen molar-refractivity contribution in [3.05, 3.63) is 28.8 Å². The second-order valence-corrected chi connectivity index (χ2v) is 6.70. The van der Waals surface area contributed by atoms with E-state index in [9.17, 15) is 8.42 Å². The molecule has 0 fully saturated rings. The Balaban J connectivity index is 2.48. The van der Waals surface area contributed by atoms with Gasteiger partial charge in [0, 0.05) is 12.3 Å². The van der Waals surface area contributed by atoms with Gasteiger partial charge in [0.1, 0.15) is 9.84 Å². The number of hydrogen-bond acceptors (Lipinski definition) is 4. The summed E-state index contributed by atoms with van der Waals surface area (Å²) >= 11 is 5.97. The van der Waals surface area contributed by atoms with Crippen LogP contribution in [0, 0.1) is 11.3 Å². The van der Waals surface area contributed by atoms with Crippen LogP contribution in [-0.4, -0.2) is 26.5 Å². The smallest absolute Gasteiger partial charge is 0.150 e. The molecule has 1 rings (SSSR count). The van der Waals surface area contributed by atoms with Crippen LogP contribution >= 0.6 is 11.6 Å². The molecule has 1 N–H and O–H groups in total. The first kappa shape index (κ1) is 14.8. The first-order valence-electron chi connectivity index (χ1n) is 5.62. The van der Waals surface area contributed by atoms with Gasteiger partial charge in [0.05, 0.1) is 28.1 Å². The van der Waals surface area contributed by atoms with E-state index in [1.54, 1.807) is 25.1 Å². The van der Waals surface area contributed by atoms with Crippen LogP contribution in [0.25, 0.3) is 0 Å². The van der Waals surface area contributed by atoms with Crippen molar-refractivity contribution in [2.24, 2.45) is 0 Å². The summed E-state index contributed by atoms with van der Waals surface area (Å²) in [4.78, 5) is 0. The molecular formula is C12H15ClN2O2S. The predicted octanol–water partition coefficient (Wildman–Crippen LogP) is 2.45. The Morgan fingerprint density at radius 3 is 2.72 bits per heavy atom. The molecule has 0 atom stereocenters. The van der Waals surface area contributed by atoms with Crippen molar-refractivity contribution in [3.63, 3.8) is 0 Å². The molecule has 4 nitrogen and oxygen atoms in total. The van der Waals surface area contributed by atoms with Crippen molar-refractivity contribution in [1.82, 2.24) is 0 Å². The van der Waals surface area contributed by atoms with Gasteiger partial charge < -0.3 is 5.32 Å². The fourth-order valence-corrected chi connectivity index (χ4v) is 2.51. The average molecular weight is 287 g/mol. The average Bonchev–Trinajstić information content (AvgIpc) is 2.36. The predicted molar refractivity (Wildman–Crippen MR) is 73.6 cm³/mol. The van der Waals surface area contributed by atoms with E-state index in [1.165, 1.54) is 0 Å². The lowest BCUT2D eigenvalue weighted by Crippen LogP contribution is -2.13. The molecule has 0 spiro atoms. The Labute approximate surface area is 112 Å². The van der Waals surface area contributed by atoms with Gasteiger partial charge >= 0.3 is 0 Å². The van der Waals surface area contributed by atoms with Crippen molar-refractivity contribution in [2.75, 3.05) is 23.4 Å². The van der Waals surface area contributed by atoms with Crippen LogP contribution in [0.15, 0.2) is 18.2 Å². The van der Waals surface area contributed by atoms with Gasteiger partial charge in [-0.1, -0.05) is 18.5 Å². The molecule has 0 saturated carbocycles. The molecule has 98 valence electrons. The van der Waals surface area contributed by atoms with Gasteiger partial charge in [-0.05, 0) is 24.6 Å². The normalized spacial score (nSPS) is 10.9. The number of anilines is 1. The van der Waals surface area contributed by atoms with Crippen molar-refractivity contribution in [1.29, 1.82) is 5.26 Å². The van der Waals surface area contributed by atoms with Gasteiger partial charge in [-0.3, -0.25) is 0 Å². The summed E-state index contributed by atoms with van der Waals surface area (Å²) in [6.45, 7) is 2.17. The molecule has 0 bridgehead atoms. The van der Waals surface area contributed by atoms with Gasteiger partial charge in [-0.25, -0.2) is 8.42 Å². The highest BCUT2D eigenvalue weighted by molar-refractivity contribution is 7.91. The molecular weight excluding hydrogens is 272 g/mol. The van der Waals surface area contributed by atoms with E-state index in [2.05, 4.69) is 5.32 Å². The van der Waals surface area contributed by atoms with Crippen molar-refractivity contribution in [3.8, 4) is 6.07 Å². The maximum atomic E-state index is 11.3. The maximum Gasteiger partial charge on any atom is 0.150 e. The lowest BCUT2D eigenvalue weighted by atomic mass is 10.2. The minimum Gasteiger partial charge on any atom is -0.384 e. The van der Waals surface area contributed by atoms with E-state index in [0.29, 0.717) is 29.2 Å². The van der Waals surface area contributed by atoms with Crippen molar-refractivity contribution < 1.29 is 8.42 Å². The Morgan fingerprint density at radius 2 is 2.17 bits per heavy atom. The molecule has 0 aliphatic rings. The van der Waals surface area contributed by atoms with Crippen LogP contribution in [0.5, 0.6) is 0 Å². The van der Waals surface area contributed by atoms with Gasteiger partial charge in [0.15, 0.2) is 0 Å². The molecule has 0 aromatic heterocycles. The van der Waals surface area contributed by atoms with E-state index in [0.717, 1.165) is 0 Å². The zero-order valence-electron chi connectivity index (χ0n) is 10.1. The lowest BCUT2D eigenvalue weighted by molar-refractivity contribution is 0.595. The van der Waals surface area contributed by atoms with E-state index in [-0.39, 0.29) is 11.5 Å². The summed E-state index contributed by atoms with van der Waals surface area (Å²) in [5.74, 6) is 0.342. The van der Waals surface area contributed by atoms with Crippen LogP contribution in [0.4, 0.5) is 5.69 Å². The molecule has 0 aliphatic heterocycles. The fourth-order valence-electron chi connectivity index (χ4n) is 1.39. The first-order valence-corrected chi connectivity index (χ1v) is 7.82. The van der Waals surface area contributed by atoms with Crippen LogP contribution in [-0.2, 0) is 9.84 Å². The van der Waals surface area contributed by atoms with Crippen molar-refractivity contribution in [2.45, 2.75) is 13.3 Å². The molecule has 1 aromatic carbocycles. The Bertz CT molecular complexity index is 550. The topological polar surface area (TPSA) is 70.0 Å². The van der Waals surface area contributed by atoms with E-state index >= 15 is 0 Å². The molecule has 0 heterocycles. The molecule has 0 aliphatic carbocycles. The van der Waals surface area contributed by atoms with Gasteiger partial charge in [-0.2, -0.15) is 5.26 Å². The number of rotatable bonds is 6. The van der Waals surface area contributed by atoms with Crippen molar-refractivity contribution >= 4 is 27.1 Å². The summed E-state index contributed by atoms with van der Waals surface area (Å²) in [7, 11) is -2.91. The number of sulfone groups is 1. The third-order valence-corrected chi connectivity index (χ3v) is 4.59. The van der Waals surface area contributed by atoms with E-state index in [4.69, 9.17) is 16.9 Å². The van der Waals surface area contributed by atoms with Gasteiger partial charge in [0.2, 0.25) is 0 Å². The summed E-state index contributed by atoms with van der Waals surface area (Å²) in [5, 5.41) is 12.2. The third kappa shape index (κ3) is 4.55. The number of nitriles is 1. The van der Waals surface area contributed by atoms with Crippen LogP contribution in [0.3, 0.4) is 0 Å². The molecule has 0 unspecified atom stereocenters. The minimum absolute atomic E-state index is 0.171. The number of nitrogens with one attached hydrogen (secondary N) is 1. The first-order chi connectivity index (χ1) is 8.48. The SMILES string of the molecule is CCS(=O)(=O)CCCNc1ccc(C#N)cc1Cl. The number of nitrogens with zero attached hydrogens (tertiary/aromatic N) is 1. The summed E-state index contributed by atoms with van der Waals surface area (Å²) in [5.41, 5.74) is 1.21. The molecule has 0 radical (unpaired) electrons. The zero-order valence-corrected chi connectivity index (χ0v) is 11.7. The molecule has 1 aromatic rings. The summed E-state index contributed by atoms with van der Waals surface area (Å²) < 4.78 is 22.5. The second-order valence-electron chi connectivity index (χ2n) is 3.82.